The van der Waals surface area contributed by atoms with Gasteiger partial charge in [0, 0.05) is 39.3 Å². The Morgan fingerprint density at radius 2 is 1.64 bits per heavy atom. The van der Waals surface area contributed by atoms with Crippen LogP contribution >= 0.6 is 24.0 Å². The number of amides is 1. The Hall–Kier alpha value is -1.55. The number of guanidine groups is 1. The fraction of sp³-hybridized carbons (Fsp3) is 0.600. The van der Waals surface area contributed by atoms with Crippen molar-refractivity contribution in [2.24, 2.45) is 4.99 Å². The summed E-state index contributed by atoms with van der Waals surface area (Å²) in [4.78, 5) is 22.8. The highest BCUT2D eigenvalue weighted by molar-refractivity contribution is 14.0. The molecule has 0 atom stereocenters. The Morgan fingerprint density at radius 3 is 2.18 bits per heavy atom. The molecule has 1 saturated heterocycles. The number of nitrogens with zero attached hydrogens (tertiary/aromatic N) is 4. The van der Waals surface area contributed by atoms with Crippen molar-refractivity contribution in [2.75, 3.05) is 53.4 Å². The van der Waals surface area contributed by atoms with Crippen molar-refractivity contribution >= 4 is 36.0 Å². The van der Waals surface area contributed by atoms with Gasteiger partial charge in [0.15, 0.2) is 5.96 Å². The number of carbonyl (C=O) groups excluding carboxylic acids is 1. The normalized spacial score (nSPS) is 14.7. The first-order valence-electron chi connectivity index (χ1n) is 9.71. The van der Waals surface area contributed by atoms with Gasteiger partial charge in [-0.15, -0.1) is 24.0 Å². The topological polar surface area (TPSA) is 60.4 Å². The van der Waals surface area contributed by atoms with Gasteiger partial charge in [0.25, 0.3) is 0 Å². The van der Waals surface area contributed by atoms with Gasteiger partial charge in [0.05, 0.1) is 13.2 Å². The minimum absolute atomic E-state index is 0. The SMILES string of the molecule is CCNC(=NCc1ccc(CN(C)C)cc1)N1CCN(C(=O)OCC)CC1.I. The van der Waals surface area contributed by atoms with Gasteiger partial charge < -0.3 is 24.8 Å². The molecule has 0 spiro atoms. The summed E-state index contributed by atoms with van der Waals surface area (Å²) in [5.41, 5.74) is 2.49. The summed E-state index contributed by atoms with van der Waals surface area (Å²) < 4.78 is 5.08. The van der Waals surface area contributed by atoms with Gasteiger partial charge in [0.2, 0.25) is 0 Å². The average molecular weight is 503 g/mol. The molecule has 0 saturated carbocycles. The van der Waals surface area contributed by atoms with Crippen LogP contribution < -0.4 is 5.32 Å². The second kappa shape index (κ2) is 12.8. The number of aliphatic imine (C=N–C) groups is 1. The number of rotatable bonds is 6. The molecule has 0 aromatic heterocycles. The van der Waals surface area contributed by atoms with E-state index in [1.807, 2.05) is 6.92 Å². The summed E-state index contributed by atoms with van der Waals surface area (Å²) in [7, 11) is 4.14. The van der Waals surface area contributed by atoms with Crippen LogP contribution in [-0.4, -0.2) is 80.2 Å². The third-order valence-electron chi connectivity index (χ3n) is 4.37. The fourth-order valence-electron chi connectivity index (χ4n) is 3.02. The minimum Gasteiger partial charge on any atom is -0.450 e. The zero-order valence-corrected chi connectivity index (χ0v) is 19.8. The predicted molar refractivity (Wildman–Crippen MR) is 124 cm³/mol. The molecule has 1 aromatic rings. The average Bonchev–Trinajstić information content (AvgIpc) is 2.66. The maximum absolute atomic E-state index is 11.8. The number of hydrogen-bond acceptors (Lipinski definition) is 4. The van der Waals surface area contributed by atoms with Gasteiger partial charge in [-0.1, -0.05) is 24.3 Å². The summed E-state index contributed by atoms with van der Waals surface area (Å²) in [5.74, 6) is 0.901. The third-order valence-corrected chi connectivity index (χ3v) is 4.37. The molecule has 0 unspecified atom stereocenters. The molecule has 8 heteroatoms. The predicted octanol–water partition coefficient (Wildman–Crippen LogP) is 2.61. The van der Waals surface area contributed by atoms with Crippen LogP contribution in [0.2, 0.25) is 0 Å². The molecule has 0 aliphatic carbocycles. The first kappa shape index (κ1) is 24.5. The van der Waals surface area contributed by atoms with Crippen LogP contribution in [0, 0.1) is 0 Å². The number of piperazine rings is 1. The molecule has 0 radical (unpaired) electrons. The van der Waals surface area contributed by atoms with Crippen LogP contribution in [-0.2, 0) is 17.8 Å². The summed E-state index contributed by atoms with van der Waals surface area (Å²) >= 11 is 0. The van der Waals surface area contributed by atoms with E-state index >= 15 is 0 Å². The molecule has 158 valence electrons. The molecule has 1 aliphatic rings. The molecule has 1 aromatic carbocycles. The Bertz CT molecular complexity index is 614. The van der Waals surface area contributed by atoms with E-state index in [-0.39, 0.29) is 30.1 Å². The molecule has 2 rings (SSSR count). The van der Waals surface area contributed by atoms with Crippen molar-refractivity contribution in [3.63, 3.8) is 0 Å². The molecule has 0 bridgehead atoms. The van der Waals surface area contributed by atoms with E-state index in [1.54, 1.807) is 4.90 Å². The van der Waals surface area contributed by atoms with Gasteiger partial charge in [0.1, 0.15) is 0 Å². The van der Waals surface area contributed by atoms with Crippen molar-refractivity contribution in [1.82, 2.24) is 20.0 Å². The molecule has 1 N–H and O–H groups in total. The Labute approximate surface area is 186 Å². The second-order valence-corrected chi connectivity index (χ2v) is 6.90. The van der Waals surface area contributed by atoms with E-state index in [1.165, 1.54) is 11.1 Å². The van der Waals surface area contributed by atoms with Gasteiger partial charge in [-0.25, -0.2) is 9.79 Å². The van der Waals surface area contributed by atoms with Crippen molar-refractivity contribution in [3.8, 4) is 0 Å². The van der Waals surface area contributed by atoms with Crippen molar-refractivity contribution in [2.45, 2.75) is 26.9 Å². The maximum atomic E-state index is 11.8. The summed E-state index contributed by atoms with van der Waals surface area (Å²) in [6.07, 6.45) is -0.225. The van der Waals surface area contributed by atoms with E-state index in [2.05, 4.69) is 60.4 Å². The smallest absolute Gasteiger partial charge is 0.409 e. The molecule has 1 fully saturated rings. The van der Waals surface area contributed by atoms with Gasteiger partial charge >= 0.3 is 6.09 Å². The standard InChI is InChI=1S/C20H33N5O2.HI/c1-5-21-19(24-11-13-25(14-12-24)20(26)27-6-2)22-15-17-7-9-18(10-8-17)16-23(3)4;/h7-10H,5-6,11-16H2,1-4H3,(H,21,22);1H. The van der Waals surface area contributed by atoms with Crippen molar-refractivity contribution in [3.05, 3.63) is 35.4 Å². The number of nitrogens with one attached hydrogen (secondary N) is 1. The lowest BCUT2D eigenvalue weighted by atomic mass is 10.1. The molecule has 7 nitrogen and oxygen atoms in total. The van der Waals surface area contributed by atoms with E-state index in [0.717, 1.165) is 32.1 Å². The lowest BCUT2D eigenvalue weighted by molar-refractivity contribution is 0.0914. The fourth-order valence-corrected chi connectivity index (χ4v) is 3.02. The highest BCUT2D eigenvalue weighted by Crippen LogP contribution is 2.09. The molecule has 1 aliphatic heterocycles. The third kappa shape index (κ3) is 7.83. The van der Waals surface area contributed by atoms with Crippen LogP contribution in [0.3, 0.4) is 0 Å². The monoisotopic (exact) mass is 503 g/mol. The maximum Gasteiger partial charge on any atom is 0.409 e. The summed E-state index contributed by atoms with van der Waals surface area (Å²) in [5, 5.41) is 3.36. The first-order valence-corrected chi connectivity index (χ1v) is 9.71. The summed E-state index contributed by atoms with van der Waals surface area (Å²) in [6.45, 7) is 9.54. The van der Waals surface area contributed by atoms with Gasteiger partial charge in [-0.05, 0) is 39.1 Å². The van der Waals surface area contributed by atoms with E-state index in [4.69, 9.17) is 9.73 Å². The van der Waals surface area contributed by atoms with Crippen LogP contribution in [0.5, 0.6) is 0 Å². The largest absolute Gasteiger partial charge is 0.450 e. The lowest BCUT2D eigenvalue weighted by Gasteiger charge is -2.35. The van der Waals surface area contributed by atoms with Gasteiger partial charge in [-0.2, -0.15) is 0 Å². The van der Waals surface area contributed by atoms with E-state index < -0.39 is 0 Å². The summed E-state index contributed by atoms with van der Waals surface area (Å²) in [6, 6.07) is 8.61. The van der Waals surface area contributed by atoms with Crippen molar-refractivity contribution in [1.29, 1.82) is 0 Å². The highest BCUT2D eigenvalue weighted by atomic mass is 127. The second-order valence-electron chi connectivity index (χ2n) is 6.90. The van der Waals surface area contributed by atoms with Crippen LogP contribution in [0.25, 0.3) is 0 Å². The van der Waals surface area contributed by atoms with Crippen LogP contribution in [0.4, 0.5) is 4.79 Å². The number of hydrogen-bond donors (Lipinski definition) is 1. The zero-order valence-electron chi connectivity index (χ0n) is 17.5. The highest BCUT2D eigenvalue weighted by Gasteiger charge is 2.23. The number of ether oxygens (including phenoxy) is 1. The number of carbonyl (C=O) groups is 1. The Morgan fingerprint density at radius 1 is 1.07 bits per heavy atom. The molecular formula is C20H34IN5O2. The Balaban J connectivity index is 0.00000392. The van der Waals surface area contributed by atoms with Gasteiger partial charge in [-0.3, -0.25) is 0 Å². The number of halogens is 1. The minimum atomic E-state index is -0.225. The van der Waals surface area contributed by atoms with Crippen molar-refractivity contribution < 1.29 is 9.53 Å². The lowest BCUT2D eigenvalue weighted by Crippen LogP contribution is -2.53. The molecule has 1 amide bonds. The first-order chi connectivity index (χ1) is 13.0. The quantitative estimate of drug-likeness (QED) is 0.368. The Kier molecular flexibility index (Phi) is 11.2. The van der Waals surface area contributed by atoms with Crippen LogP contribution in [0.15, 0.2) is 29.3 Å². The molecule has 1 heterocycles. The molecular weight excluding hydrogens is 469 g/mol. The van der Waals surface area contributed by atoms with E-state index in [9.17, 15) is 4.79 Å². The number of benzene rings is 1. The van der Waals surface area contributed by atoms with E-state index in [0.29, 0.717) is 26.2 Å². The molecule has 28 heavy (non-hydrogen) atoms. The van der Waals surface area contributed by atoms with Crippen LogP contribution in [0.1, 0.15) is 25.0 Å². The zero-order chi connectivity index (χ0) is 19.6.